The zero-order valence-corrected chi connectivity index (χ0v) is 12.0. The third-order valence-corrected chi connectivity index (χ3v) is 2.49. The Kier molecular flexibility index (Phi) is 3.81. The minimum absolute atomic E-state index is 0.155. The Balaban J connectivity index is 2.42. The average Bonchev–Trinajstić information content (AvgIpc) is 2.79. The van der Waals surface area contributed by atoms with Gasteiger partial charge in [-0.25, -0.2) is 15.3 Å². The highest BCUT2D eigenvalue weighted by atomic mass is 16.6. The fraction of sp³-hybridized carbons (Fsp3) is 0.308. The van der Waals surface area contributed by atoms with Gasteiger partial charge in [0.25, 0.3) is 0 Å². The molecule has 0 aliphatic heterocycles. The lowest BCUT2D eigenvalue weighted by molar-refractivity contribution is 0.0523. The number of guanidine groups is 1. The third kappa shape index (κ3) is 3.48. The van der Waals surface area contributed by atoms with Crippen molar-refractivity contribution in [1.82, 2.24) is 15.3 Å². The van der Waals surface area contributed by atoms with Crippen LogP contribution in [0.15, 0.2) is 29.4 Å². The number of carbonyl (C=O) groups is 1. The van der Waals surface area contributed by atoms with E-state index in [1.165, 1.54) is 0 Å². The van der Waals surface area contributed by atoms with Crippen LogP contribution in [0.1, 0.15) is 20.8 Å². The van der Waals surface area contributed by atoms with Gasteiger partial charge in [0, 0.05) is 5.39 Å². The molecule has 0 bridgehead atoms. The number of carbonyl (C=O) groups excluding carboxylic acids is 1. The average molecular weight is 291 g/mol. The quantitative estimate of drug-likeness (QED) is 0.419. The molecule has 0 atom stereocenters. The SMILES string of the molecule is CC(C)(C)OC(=O)n1ncc2ccc(N=C(N)NO)cc21. The van der Waals surface area contributed by atoms with Crippen LogP contribution >= 0.6 is 0 Å². The molecule has 112 valence electrons. The number of nitrogens with two attached hydrogens (primary N) is 1. The fourth-order valence-corrected chi connectivity index (χ4v) is 1.69. The number of fused-ring (bicyclic) bond motifs is 1. The molecule has 0 aliphatic rings. The first-order valence-electron chi connectivity index (χ1n) is 6.25. The largest absolute Gasteiger partial charge is 0.442 e. The molecule has 0 fully saturated rings. The van der Waals surface area contributed by atoms with E-state index >= 15 is 0 Å². The molecule has 0 unspecified atom stereocenters. The van der Waals surface area contributed by atoms with Crippen LogP contribution < -0.4 is 11.2 Å². The molecule has 8 heteroatoms. The third-order valence-electron chi connectivity index (χ3n) is 2.49. The van der Waals surface area contributed by atoms with Crippen molar-refractivity contribution in [1.29, 1.82) is 0 Å². The molecule has 4 N–H and O–H groups in total. The highest BCUT2D eigenvalue weighted by Crippen LogP contribution is 2.22. The van der Waals surface area contributed by atoms with E-state index in [9.17, 15) is 4.79 Å². The van der Waals surface area contributed by atoms with Gasteiger partial charge in [0.2, 0.25) is 5.96 Å². The molecule has 8 nitrogen and oxygen atoms in total. The summed E-state index contributed by atoms with van der Waals surface area (Å²) < 4.78 is 6.44. The first-order chi connectivity index (χ1) is 9.80. The summed E-state index contributed by atoms with van der Waals surface area (Å²) >= 11 is 0. The van der Waals surface area contributed by atoms with Gasteiger partial charge < -0.3 is 10.5 Å². The molecule has 1 aromatic carbocycles. The maximum atomic E-state index is 12.1. The molecule has 2 rings (SSSR count). The monoisotopic (exact) mass is 291 g/mol. The van der Waals surface area contributed by atoms with Crippen molar-refractivity contribution >= 4 is 28.6 Å². The van der Waals surface area contributed by atoms with E-state index in [-0.39, 0.29) is 5.96 Å². The second kappa shape index (κ2) is 5.41. The molecule has 1 heterocycles. The van der Waals surface area contributed by atoms with Crippen LogP contribution in [-0.4, -0.2) is 32.6 Å². The molecule has 0 radical (unpaired) electrons. The molecule has 2 aromatic rings. The number of hydrogen-bond acceptors (Lipinski definition) is 5. The Labute approximate surface area is 121 Å². The number of aliphatic imine (C=N–C) groups is 1. The van der Waals surface area contributed by atoms with Crippen LogP contribution in [0, 0.1) is 0 Å². The normalized spacial score (nSPS) is 12.5. The van der Waals surface area contributed by atoms with Gasteiger partial charge in [-0.05, 0) is 39.0 Å². The van der Waals surface area contributed by atoms with Crippen molar-refractivity contribution in [3.8, 4) is 0 Å². The highest BCUT2D eigenvalue weighted by molar-refractivity contribution is 5.90. The topological polar surface area (TPSA) is 115 Å². The molecular weight excluding hydrogens is 274 g/mol. The lowest BCUT2D eigenvalue weighted by Gasteiger charge is -2.19. The highest BCUT2D eigenvalue weighted by Gasteiger charge is 2.20. The summed E-state index contributed by atoms with van der Waals surface area (Å²) in [6.07, 6.45) is 0.979. The molecule has 0 amide bonds. The lowest BCUT2D eigenvalue weighted by atomic mass is 10.2. The van der Waals surface area contributed by atoms with Crippen LogP contribution in [0.4, 0.5) is 10.5 Å². The number of benzene rings is 1. The minimum Gasteiger partial charge on any atom is -0.442 e. The lowest BCUT2D eigenvalue weighted by Crippen LogP contribution is -2.28. The van der Waals surface area contributed by atoms with E-state index in [1.54, 1.807) is 50.6 Å². The van der Waals surface area contributed by atoms with Crippen LogP contribution in [-0.2, 0) is 4.74 Å². The van der Waals surface area contributed by atoms with Gasteiger partial charge in [-0.3, -0.25) is 5.21 Å². The predicted octanol–water partition coefficient (Wildman–Crippen LogP) is 1.74. The number of ether oxygens (including phenoxy) is 1. The molecular formula is C13H17N5O3. The van der Waals surface area contributed by atoms with Crippen molar-refractivity contribution in [2.45, 2.75) is 26.4 Å². The Morgan fingerprint density at radius 1 is 1.48 bits per heavy atom. The molecule has 0 saturated heterocycles. The minimum atomic E-state index is -0.615. The van der Waals surface area contributed by atoms with Crippen molar-refractivity contribution < 1.29 is 14.7 Å². The summed E-state index contributed by atoms with van der Waals surface area (Å²) in [5.41, 5.74) is 7.51. The second-order valence-electron chi connectivity index (χ2n) is 5.39. The predicted molar refractivity (Wildman–Crippen MR) is 77.6 cm³/mol. The van der Waals surface area contributed by atoms with Gasteiger partial charge in [0.15, 0.2) is 0 Å². The van der Waals surface area contributed by atoms with Crippen molar-refractivity contribution in [2.75, 3.05) is 0 Å². The smallest absolute Gasteiger partial charge is 0.435 e. The van der Waals surface area contributed by atoms with Gasteiger partial charge in [0.05, 0.1) is 17.4 Å². The summed E-state index contributed by atoms with van der Waals surface area (Å²) in [6, 6.07) is 5.05. The van der Waals surface area contributed by atoms with Crippen molar-refractivity contribution in [2.24, 2.45) is 10.7 Å². The van der Waals surface area contributed by atoms with Crippen LogP contribution in [0.25, 0.3) is 10.9 Å². The Morgan fingerprint density at radius 3 is 2.81 bits per heavy atom. The summed E-state index contributed by atoms with van der Waals surface area (Å²) in [7, 11) is 0. The van der Waals surface area contributed by atoms with E-state index in [0.29, 0.717) is 11.2 Å². The van der Waals surface area contributed by atoms with Crippen molar-refractivity contribution in [3.05, 3.63) is 24.4 Å². The summed E-state index contributed by atoms with van der Waals surface area (Å²) in [4.78, 5) is 16.0. The van der Waals surface area contributed by atoms with Gasteiger partial charge in [-0.2, -0.15) is 9.78 Å². The zero-order valence-electron chi connectivity index (χ0n) is 12.0. The maximum absolute atomic E-state index is 12.1. The van der Waals surface area contributed by atoms with E-state index in [1.807, 2.05) is 0 Å². The summed E-state index contributed by atoms with van der Waals surface area (Å²) in [5.74, 6) is -0.155. The number of hydrogen-bond donors (Lipinski definition) is 3. The van der Waals surface area contributed by atoms with E-state index < -0.39 is 11.7 Å². The maximum Gasteiger partial charge on any atom is 0.435 e. The summed E-state index contributed by atoms with van der Waals surface area (Å²) in [5, 5.41) is 13.4. The second-order valence-corrected chi connectivity index (χ2v) is 5.39. The molecule has 1 aromatic heterocycles. The van der Waals surface area contributed by atoms with Gasteiger partial charge >= 0.3 is 6.09 Å². The first kappa shape index (κ1) is 14.8. The van der Waals surface area contributed by atoms with Crippen LogP contribution in [0.2, 0.25) is 0 Å². The van der Waals surface area contributed by atoms with Gasteiger partial charge in [-0.15, -0.1) is 0 Å². The van der Waals surface area contributed by atoms with Gasteiger partial charge in [0.1, 0.15) is 5.60 Å². The first-order valence-corrected chi connectivity index (χ1v) is 6.25. The van der Waals surface area contributed by atoms with E-state index in [2.05, 4.69) is 10.1 Å². The number of aromatic nitrogens is 2. The number of hydroxylamine groups is 1. The van der Waals surface area contributed by atoms with Crippen LogP contribution in [0.3, 0.4) is 0 Å². The molecule has 0 saturated carbocycles. The van der Waals surface area contributed by atoms with Crippen LogP contribution in [0.5, 0.6) is 0 Å². The summed E-state index contributed by atoms with van der Waals surface area (Å²) in [6.45, 7) is 5.33. The van der Waals surface area contributed by atoms with Gasteiger partial charge in [-0.1, -0.05) is 0 Å². The molecule has 0 spiro atoms. The molecule has 21 heavy (non-hydrogen) atoms. The standard InChI is InChI=1S/C13H17N5O3/c1-13(2,3)21-12(19)18-10-6-9(16-11(14)17-20)5-4-8(10)7-15-18/h4-7,20H,1-3H3,(H3,14,16,17). The Morgan fingerprint density at radius 2 is 2.19 bits per heavy atom. The number of nitrogens with one attached hydrogen (secondary N) is 1. The zero-order chi connectivity index (χ0) is 15.6. The molecule has 0 aliphatic carbocycles. The van der Waals surface area contributed by atoms with E-state index in [4.69, 9.17) is 15.7 Å². The fourth-order valence-electron chi connectivity index (χ4n) is 1.69. The number of rotatable bonds is 1. The number of nitrogens with zero attached hydrogens (tertiary/aromatic N) is 3. The Bertz CT molecular complexity index is 699. The van der Waals surface area contributed by atoms with E-state index in [0.717, 1.165) is 10.1 Å². The van der Waals surface area contributed by atoms with Crippen molar-refractivity contribution in [3.63, 3.8) is 0 Å². The Hall–Kier alpha value is -2.61.